The average Bonchev–Trinajstić information content (AvgIpc) is 3.16. The Morgan fingerprint density at radius 3 is 2.45 bits per heavy atom. The van der Waals surface area contributed by atoms with Crippen molar-refractivity contribution in [2.45, 2.75) is 20.8 Å². The maximum absolute atomic E-state index is 14.1. The summed E-state index contributed by atoms with van der Waals surface area (Å²) in [6.45, 7) is 8.15. The van der Waals surface area contributed by atoms with Gasteiger partial charge in [0.25, 0.3) is 5.91 Å². The number of hydrogen-bond donors (Lipinski definition) is 0. The van der Waals surface area contributed by atoms with E-state index < -0.39 is 0 Å². The number of carbonyl (C=O) groups excluding carboxylic acids is 1. The van der Waals surface area contributed by atoms with Crippen LogP contribution in [0, 0.1) is 26.6 Å². The van der Waals surface area contributed by atoms with Crippen LogP contribution in [-0.2, 0) is 0 Å². The number of nitrogens with zero attached hydrogens (tertiary/aromatic N) is 5. The number of aryl methyl sites for hydroxylation is 3. The lowest BCUT2D eigenvalue weighted by Crippen LogP contribution is -2.49. The van der Waals surface area contributed by atoms with Crippen molar-refractivity contribution in [3.8, 4) is 11.1 Å². The molecule has 6 nitrogen and oxygen atoms in total. The van der Waals surface area contributed by atoms with Gasteiger partial charge < -0.3 is 9.80 Å². The molecule has 0 atom stereocenters. The molecule has 0 radical (unpaired) electrons. The number of piperazine rings is 1. The van der Waals surface area contributed by atoms with Crippen LogP contribution in [-0.4, -0.2) is 51.6 Å². The van der Waals surface area contributed by atoms with Gasteiger partial charge in [-0.25, -0.2) is 13.9 Å². The number of benzene rings is 2. The van der Waals surface area contributed by atoms with E-state index in [9.17, 15) is 9.18 Å². The fraction of sp³-hybridized carbons (Fsp3) is 0.269. The molecule has 0 spiro atoms. The first-order valence-corrected chi connectivity index (χ1v) is 11.1. The summed E-state index contributed by atoms with van der Waals surface area (Å²) in [5.74, 6) is -0.304. The highest BCUT2D eigenvalue weighted by molar-refractivity contribution is 5.96. The Morgan fingerprint density at radius 1 is 0.970 bits per heavy atom. The second kappa shape index (κ2) is 8.31. The van der Waals surface area contributed by atoms with Crippen LogP contribution in [0.4, 0.5) is 10.1 Å². The Kier molecular flexibility index (Phi) is 5.32. The maximum Gasteiger partial charge on any atom is 0.257 e. The number of para-hydroxylation sites is 1. The largest absolute Gasteiger partial charge is 0.366 e. The molecule has 1 aliphatic heterocycles. The normalized spacial score (nSPS) is 14.2. The monoisotopic (exact) mass is 443 g/mol. The van der Waals surface area contributed by atoms with Crippen molar-refractivity contribution in [2.24, 2.45) is 0 Å². The van der Waals surface area contributed by atoms with Crippen molar-refractivity contribution in [3.63, 3.8) is 0 Å². The second-order valence-corrected chi connectivity index (χ2v) is 8.55. The van der Waals surface area contributed by atoms with E-state index in [-0.39, 0.29) is 11.7 Å². The van der Waals surface area contributed by atoms with Gasteiger partial charge >= 0.3 is 0 Å². The van der Waals surface area contributed by atoms with Crippen LogP contribution < -0.4 is 4.90 Å². The van der Waals surface area contributed by atoms with E-state index in [1.165, 1.54) is 11.6 Å². The molecule has 4 aromatic rings. The third-order valence-corrected chi connectivity index (χ3v) is 6.36. The number of aromatic nitrogens is 3. The molecule has 0 saturated carbocycles. The summed E-state index contributed by atoms with van der Waals surface area (Å²) in [5, 5.41) is 4.70. The zero-order valence-corrected chi connectivity index (χ0v) is 19.0. The first kappa shape index (κ1) is 21.1. The van der Waals surface area contributed by atoms with E-state index in [2.05, 4.69) is 30.1 Å². The van der Waals surface area contributed by atoms with Gasteiger partial charge in [0.1, 0.15) is 5.82 Å². The molecule has 7 heteroatoms. The molecule has 1 amide bonds. The molecular weight excluding hydrogens is 417 g/mol. The number of hydrogen-bond acceptors (Lipinski definition) is 4. The van der Waals surface area contributed by atoms with Crippen LogP contribution in [0.25, 0.3) is 16.8 Å². The third-order valence-electron chi connectivity index (χ3n) is 6.36. The first-order chi connectivity index (χ1) is 15.9. The van der Waals surface area contributed by atoms with Crippen molar-refractivity contribution in [1.82, 2.24) is 19.5 Å². The third kappa shape index (κ3) is 3.73. The molecular formula is C26H26FN5O. The summed E-state index contributed by atoms with van der Waals surface area (Å²) >= 11 is 0. The molecule has 1 fully saturated rings. The minimum Gasteiger partial charge on any atom is -0.366 e. The summed E-state index contributed by atoms with van der Waals surface area (Å²) in [4.78, 5) is 21.8. The summed E-state index contributed by atoms with van der Waals surface area (Å²) in [5.41, 5.74) is 6.74. The molecule has 0 aliphatic carbocycles. The highest BCUT2D eigenvalue weighted by Crippen LogP contribution is 2.29. The van der Waals surface area contributed by atoms with E-state index in [0.29, 0.717) is 37.4 Å². The summed E-state index contributed by atoms with van der Waals surface area (Å²) in [6.07, 6.45) is 1.66. The molecule has 0 N–H and O–H groups in total. The van der Waals surface area contributed by atoms with E-state index in [0.717, 1.165) is 28.2 Å². The zero-order chi connectivity index (χ0) is 23.1. The van der Waals surface area contributed by atoms with Crippen molar-refractivity contribution in [3.05, 3.63) is 83.1 Å². The number of anilines is 1. The Balaban J connectivity index is 1.41. The number of halogens is 1. The van der Waals surface area contributed by atoms with Gasteiger partial charge in [-0.1, -0.05) is 42.0 Å². The first-order valence-electron chi connectivity index (χ1n) is 11.1. The molecule has 33 heavy (non-hydrogen) atoms. The van der Waals surface area contributed by atoms with Crippen LogP contribution in [0.5, 0.6) is 0 Å². The van der Waals surface area contributed by atoms with Gasteiger partial charge in [0.05, 0.1) is 22.6 Å². The topological polar surface area (TPSA) is 53.7 Å². The second-order valence-electron chi connectivity index (χ2n) is 8.55. The lowest BCUT2D eigenvalue weighted by atomic mass is 10.0. The minimum absolute atomic E-state index is 0.0691. The molecule has 1 saturated heterocycles. The lowest BCUT2D eigenvalue weighted by molar-refractivity contribution is 0.0744. The molecule has 0 bridgehead atoms. The fourth-order valence-corrected chi connectivity index (χ4v) is 4.58. The minimum atomic E-state index is -0.235. The molecule has 2 aromatic heterocycles. The Bertz CT molecular complexity index is 1350. The predicted molar refractivity (Wildman–Crippen MR) is 127 cm³/mol. The zero-order valence-electron chi connectivity index (χ0n) is 19.0. The van der Waals surface area contributed by atoms with Crippen LogP contribution >= 0.6 is 0 Å². The summed E-state index contributed by atoms with van der Waals surface area (Å²) in [6, 6.07) is 15.0. The van der Waals surface area contributed by atoms with Crippen molar-refractivity contribution in [1.29, 1.82) is 0 Å². The van der Waals surface area contributed by atoms with Crippen molar-refractivity contribution >= 4 is 17.2 Å². The van der Waals surface area contributed by atoms with Crippen LogP contribution in [0.15, 0.2) is 54.7 Å². The van der Waals surface area contributed by atoms with Gasteiger partial charge in [-0.2, -0.15) is 5.10 Å². The molecule has 168 valence electrons. The lowest BCUT2D eigenvalue weighted by Gasteiger charge is -2.36. The highest BCUT2D eigenvalue weighted by Gasteiger charge is 2.26. The number of carbonyl (C=O) groups is 1. The fourth-order valence-electron chi connectivity index (χ4n) is 4.58. The van der Waals surface area contributed by atoms with E-state index in [4.69, 9.17) is 5.10 Å². The van der Waals surface area contributed by atoms with Gasteiger partial charge in [-0.05, 0) is 38.5 Å². The summed E-state index contributed by atoms with van der Waals surface area (Å²) < 4.78 is 15.9. The molecule has 5 rings (SSSR count). The quantitative estimate of drug-likeness (QED) is 0.470. The van der Waals surface area contributed by atoms with E-state index >= 15 is 0 Å². The highest BCUT2D eigenvalue weighted by atomic mass is 19.1. The molecule has 2 aromatic carbocycles. The van der Waals surface area contributed by atoms with Crippen LogP contribution in [0.2, 0.25) is 0 Å². The van der Waals surface area contributed by atoms with Gasteiger partial charge in [-0.3, -0.25) is 4.79 Å². The number of amides is 1. The Labute approximate surface area is 192 Å². The maximum atomic E-state index is 14.1. The summed E-state index contributed by atoms with van der Waals surface area (Å²) in [7, 11) is 0. The van der Waals surface area contributed by atoms with E-state index in [1.54, 1.807) is 22.8 Å². The van der Waals surface area contributed by atoms with Gasteiger partial charge in [0.15, 0.2) is 5.65 Å². The molecule has 1 aliphatic rings. The number of fused-ring (bicyclic) bond motifs is 1. The van der Waals surface area contributed by atoms with Gasteiger partial charge in [0, 0.05) is 37.9 Å². The number of rotatable bonds is 3. The predicted octanol–water partition coefficient (Wildman–Crippen LogP) is 4.42. The SMILES string of the molecule is Cc1cccc(-c2c(C)nn3c(C)c(C(=O)N4CCN(c5ccccc5F)CC4)cnc23)c1. The standard InChI is InChI=1S/C26H26FN5O/c1-17-7-6-8-20(15-17)24-18(2)29-32-19(3)21(16-28-25(24)32)26(33)31-13-11-30(12-14-31)23-10-5-4-9-22(23)27/h4-10,15-16H,11-14H2,1-3H3. The molecule has 0 unspecified atom stereocenters. The van der Waals surface area contributed by atoms with Crippen LogP contribution in [0.1, 0.15) is 27.3 Å². The van der Waals surface area contributed by atoms with Gasteiger partial charge in [-0.15, -0.1) is 0 Å². The Hall–Kier alpha value is -3.74. The van der Waals surface area contributed by atoms with E-state index in [1.807, 2.05) is 35.8 Å². The Morgan fingerprint density at radius 2 is 1.73 bits per heavy atom. The smallest absolute Gasteiger partial charge is 0.257 e. The molecule has 3 heterocycles. The van der Waals surface area contributed by atoms with Gasteiger partial charge in [0.2, 0.25) is 0 Å². The van der Waals surface area contributed by atoms with Crippen LogP contribution in [0.3, 0.4) is 0 Å². The van der Waals surface area contributed by atoms with Crippen molar-refractivity contribution in [2.75, 3.05) is 31.1 Å². The average molecular weight is 444 g/mol. The van der Waals surface area contributed by atoms with Crippen molar-refractivity contribution < 1.29 is 9.18 Å².